The number of rotatable bonds is 0. The van der Waals surface area contributed by atoms with E-state index in [1.807, 2.05) is 0 Å². The number of hydrogen-bond donors (Lipinski definition) is 1. The molecule has 2 nitrogen and oxygen atoms in total. The van der Waals surface area contributed by atoms with Crippen molar-refractivity contribution in [3.05, 3.63) is 36.7 Å². The van der Waals surface area contributed by atoms with Gasteiger partial charge in [0.2, 0.25) is 0 Å². The Kier molecular flexibility index (Phi) is 1.34. The van der Waals surface area contributed by atoms with Crippen LogP contribution in [0.3, 0.4) is 0 Å². The third-order valence-corrected chi connectivity index (χ3v) is 0.998. The molecule has 3 heteroatoms. The van der Waals surface area contributed by atoms with Crippen molar-refractivity contribution < 1.29 is 4.39 Å². The Morgan fingerprint density at radius 2 is 2.33 bits per heavy atom. The molecule has 0 fully saturated rings. The third-order valence-electron chi connectivity index (χ3n) is 0.998. The van der Waals surface area contributed by atoms with Crippen LogP contribution in [0.1, 0.15) is 0 Å². The van der Waals surface area contributed by atoms with E-state index in [1.54, 1.807) is 0 Å². The van der Waals surface area contributed by atoms with Gasteiger partial charge in [0.25, 0.3) is 0 Å². The smallest absolute Gasteiger partial charge is 0.128 e. The highest BCUT2D eigenvalue weighted by Crippen LogP contribution is 1.87. The normalized spacial score (nSPS) is 9.56. The fourth-order valence-electron chi connectivity index (χ4n) is 0.503. The molecule has 0 atom stereocenters. The molecule has 1 radical (unpaired) electrons. The van der Waals surface area contributed by atoms with Gasteiger partial charge in [-0.3, -0.25) is 5.41 Å². The van der Waals surface area contributed by atoms with Crippen LogP contribution >= 0.6 is 0 Å². The van der Waals surface area contributed by atoms with Gasteiger partial charge in [0.05, 0.1) is 0 Å². The third kappa shape index (κ3) is 1.16. The highest BCUT2D eigenvalue weighted by molar-refractivity contribution is 4.95. The van der Waals surface area contributed by atoms with Crippen molar-refractivity contribution in [1.29, 1.82) is 5.41 Å². The maximum atomic E-state index is 12.2. The topological polar surface area (TPSA) is 28.8 Å². The molecule has 9 heavy (non-hydrogen) atoms. The first-order valence-corrected chi connectivity index (χ1v) is 2.44. The Morgan fingerprint density at radius 1 is 1.67 bits per heavy atom. The van der Waals surface area contributed by atoms with Crippen molar-refractivity contribution in [2.24, 2.45) is 0 Å². The second-order valence-corrected chi connectivity index (χ2v) is 1.70. The summed E-state index contributed by atoms with van der Waals surface area (Å²) in [5.74, 6) is -0.403. The lowest BCUT2D eigenvalue weighted by molar-refractivity contribution is 0.617. The quantitative estimate of drug-likeness (QED) is 0.530. The van der Waals surface area contributed by atoms with Crippen molar-refractivity contribution in [3.8, 4) is 0 Å². The number of aromatic nitrogens is 1. The van der Waals surface area contributed by atoms with Crippen LogP contribution in [0.25, 0.3) is 0 Å². The number of pyridine rings is 1. The lowest BCUT2D eigenvalue weighted by Gasteiger charge is -1.94. The van der Waals surface area contributed by atoms with Gasteiger partial charge in [0.15, 0.2) is 0 Å². The predicted octanol–water partition coefficient (Wildman–Crippen LogP) is 0.746. The average molecular weight is 125 g/mol. The van der Waals surface area contributed by atoms with E-state index >= 15 is 0 Å². The zero-order chi connectivity index (χ0) is 6.85. The molecule has 1 rings (SSSR count). The molecule has 1 N–H and O–H groups in total. The second kappa shape index (κ2) is 2.01. The summed E-state index contributed by atoms with van der Waals surface area (Å²) in [4.78, 5) is 0. The SMILES string of the molecule is [CH2]n1ccc(F)cc1=N. The second-order valence-electron chi connectivity index (χ2n) is 1.70. The Balaban J connectivity index is 3.34. The average Bonchev–Trinajstić information content (AvgIpc) is 1.80. The van der Waals surface area contributed by atoms with Crippen LogP contribution in [0.5, 0.6) is 0 Å². The van der Waals surface area contributed by atoms with Crippen molar-refractivity contribution in [2.45, 2.75) is 0 Å². The van der Waals surface area contributed by atoms with Crippen molar-refractivity contribution in [3.63, 3.8) is 0 Å². The molecular formula is C6H6FN2. The largest absolute Gasteiger partial charge is 0.332 e. The summed E-state index contributed by atoms with van der Waals surface area (Å²) in [6.45, 7) is 0. The zero-order valence-corrected chi connectivity index (χ0v) is 4.76. The van der Waals surface area contributed by atoms with Crippen LogP contribution in [0.15, 0.2) is 18.3 Å². The molecule has 0 bridgehead atoms. The number of hydrogen-bond acceptors (Lipinski definition) is 1. The molecule has 0 aliphatic rings. The number of nitrogens with one attached hydrogen (secondary N) is 1. The summed E-state index contributed by atoms with van der Waals surface area (Å²) < 4.78 is 13.5. The van der Waals surface area contributed by atoms with E-state index in [-0.39, 0.29) is 5.49 Å². The van der Waals surface area contributed by atoms with Gasteiger partial charge >= 0.3 is 0 Å². The fourth-order valence-corrected chi connectivity index (χ4v) is 0.503. The fraction of sp³-hybridized carbons (Fsp3) is 0. The Labute approximate surface area is 52.1 Å². The highest BCUT2D eigenvalue weighted by atomic mass is 19.1. The van der Waals surface area contributed by atoms with E-state index in [0.29, 0.717) is 0 Å². The molecule has 1 heterocycles. The molecular weight excluding hydrogens is 119 g/mol. The maximum Gasteiger partial charge on any atom is 0.128 e. The summed E-state index contributed by atoms with van der Waals surface area (Å²) in [7, 11) is 3.42. The number of halogens is 1. The lowest BCUT2D eigenvalue weighted by Crippen LogP contribution is -2.13. The van der Waals surface area contributed by atoms with Gasteiger partial charge in [-0.15, -0.1) is 0 Å². The summed E-state index contributed by atoms with van der Waals surface area (Å²) in [5, 5.41) is 7.02. The monoisotopic (exact) mass is 125 g/mol. The molecule has 0 aliphatic heterocycles. The Morgan fingerprint density at radius 3 is 2.78 bits per heavy atom. The minimum atomic E-state index is -0.403. The van der Waals surface area contributed by atoms with Crippen LogP contribution < -0.4 is 5.49 Å². The first-order valence-electron chi connectivity index (χ1n) is 2.44. The summed E-state index contributed by atoms with van der Waals surface area (Å²) in [6.07, 6.45) is 1.40. The first kappa shape index (κ1) is 6.01. The van der Waals surface area contributed by atoms with Gasteiger partial charge in [0, 0.05) is 19.3 Å². The van der Waals surface area contributed by atoms with Gasteiger partial charge in [-0.25, -0.2) is 4.39 Å². The van der Waals surface area contributed by atoms with Gasteiger partial charge in [-0.05, 0) is 6.07 Å². The first-order chi connectivity index (χ1) is 4.20. The van der Waals surface area contributed by atoms with Gasteiger partial charge < -0.3 is 4.57 Å². The highest BCUT2D eigenvalue weighted by Gasteiger charge is 1.87. The van der Waals surface area contributed by atoms with Crippen LogP contribution in [-0.4, -0.2) is 4.57 Å². The minimum absolute atomic E-state index is 0.0648. The molecule has 1 aromatic rings. The summed E-state index contributed by atoms with van der Waals surface area (Å²) >= 11 is 0. The standard InChI is InChI=1S/C6H6FN2/c1-9-3-2-5(7)4-6(9)8/h2-4,8H,1H2. The predicted molar refractivity (Wildman–Crippen MR) is 31.0 cm³/mol. The molecule has 47 valence electrons. The van der Waals surface area contributed by atoms with E-state index in [0.717, 1.165) is 6.07 Å². The maximum absolute atomic E-state index is 12.2. The summed E-state index contributed by atoms with van der Waals surface area (Å²) in [6, 6.07) is 2.36. The van der Waals surface area contributed by atoms with Crippen LogP contribution in [0.2, 0.25) is 0 Å². The molecule has 1 aromatic heterocycles. The van der Waals surface area contributed by atoms with Gasteiger partial charge in [-0.1, -0.05) is 0 Å². The van der Waals surface area contributed by atoms with Gasteiger partial charge in [-0.2, -0.15) is 0 Å². The molecule has 0 aliphatic carbocycles. The van der Waals surface area contributed by atoms with Gasteiger partial charge in [0.1, 0.15) is 11.3 Å². The molecule has 0 spiro atoms. The van der Waals surface area contributed by atoms with Crippen molar-refractivity contribution in [2.75, 3.05) is 0 Å². The molecule has 0 aromatic carbocycles. The molecule has 0 saturated heterocycles. The van der Waals surface area contributed by atoms with E-state index in [1.165, 1.54) is 16.8 Å². The minimum Gasteiger partial charge on any atom is -0.332 e. The van der Waals surface area contributed by atoms with E-state index in [2.05, 4.69) is 7.05 Å². The Bertz CT molecular complexity index is 264. The van der Waals surface area contributed by atoms with E-state index in [4.69, 9.17) is 5.41 Å². The molecule has 0 amide bonds. The summed E-state index contributed by atoms with van der Waals surface area (Å²) in [5.41, 5.74) is 0.0648. The molecule has 0 saturated carbocycles. The zero-order valence-electron chi connectivity index (χ0n) is 4.76. The van der Waals surface area contributed by atoms with Crippen LogP contribution in [0, 0.1) is 18.3 Å². The van der Waals surface area contributed by atoms with Crippen LogP contribution in [-0.2, 0) is 0 Å². The lowest BCUT2D eigenvalue weighted by atomic mass is 10.4. The number of nitrogens with zero attached hydrogens (tertiary/aromatic N) is 1. The van der Waals surface area contributed by atoms with Crippen LogP contribution in [0.4, 0.5) is 4.39 Å². The Hall–Kier alpha value is -1.12. The van der Waals surface area contributed by atoms with Crippen molar-refractivity contribution in [1.82, 2.24) is 4.57 Å². The molecule has 0 unspecified atom stereocenters. The van der Waals surface area contributed by atoms with Crippen molar-refractivity contribution >= 4 is 0 Å². The van der Waals surface area contributed by atoms with E-state index < -0.39 is 5.82 Å². The van der Waals surface area contributed by atoms with E-state index in [9.17, 15) is 4.39 Å².